The molecule has 1 unspecified atom stereocenters. The van der Waals surface area contributed by atoms with E-state index < -0.39 is 29.7 Å². The molecule has 0 amide bonds. The smallest absolute Gasteiger partial charge is 0.453 e. The molecular formula is C33H48F5O2S. The SMILES string of the molecule is CO[C@H]1CC[C@H]2[C@@H]3[C@H](CCCCCCCCC[S+]([O-])CCCC(F)(F)C(F)(F)F)Cc4c[c]ccc4[C@H]3CC[C@]12C. The Balaban J connectivity index is 1.14. The van der Waals surface area contributed by atoms with Gasteiger partial charge in [-0.1, -0.05) is 68.4 Å². The molecule has 3 aliphatic carbocycles. The Morgan fingerprint density at radius 3 is 2.37 bits per heavy atom. The number of hydrogen-bond acceptors (Lipinski definition) is 2. The molecule has 1 aromatic rings. The van der Waals surface area contributed by atoms with E-state index >= 15 is 0 Å². The van der Waals surface area contributed by atoms with Crippen LogP contribution in [0.5, 0.6) is 0 Å². The lowest BCUT2D eigenvalue weighted by Crippen LogP contribution is -2.47. The van der Waals surface area contributed by atoms with Crippen LogP contribution in [0.25, 0.3) is 0 Å². The Morgan fingerprint density at radius 2 is 1.66 bits per heavy atom. The summed E-state index contributed by atoms with van der Waals surface area (Å²) < 4.78 is 80.6. The maximum absolute atomic E-state index is 13.0. The molecule has 41 heavy (non-hydrogen) atoms. The summed E-state index contributed by atoms with van der Waals surface area (Å²) in [5.41, 5.74) is 3.38. The zero-order valence-electron chi connectivity index (χ0n) is 24.8. The first-order valence-corrected chi connectivity index (χ1v) is 17.3. The highest BCUT2D eigenvalue weighted by Crippen LogP contribution is 2.63. The summed E-state index contributed by atoms with van der Waals surface area (Å²) in [6.07, 6.45) is 8.05. The molecule has 1 radical (unpaired) electrons. The second kappa shape index (κ2) is 14.3. The highest BCUT2D eigenvalue weighted by Gasteiger charge is 2.57. The quantitative estimate of drug-likeness (QED) is 0.114. The first kappa shape index (κ1) is 33.0. The molecule has 0 aliphatic heterocycles. The molecule has 0 saturated heterocycles. The van der Waals surface area contributed by atoms with E-state index in [-0.39, 0.29) is 12.2 Å². The van der Waals surface area contributed by atoms with Gasteiger partial charge in [0.05, 0.1) is 6.10 Å². The lowest BCUT2D eigenvalue weighted by molar-refractivity contribution is -0.284. The molecule has 0 N–H and O–H groups in total. The molecule has 0 heterocycles. The molecule has 8 heteroatoms. The summed E-state index contributed by atoms with van der Waals surface area (Å²) in [4.78, 5) is 0. The number of alkyl halides is 5. The molecular weight excluding hydrogens is 555 g/mol. The summed E-state index contributed by atoms with van der Waals surface area (Å²) in [6, 6.07) is 9.97. The lowest BCUT2D eigenvalue weighted by atomic mass is 9.52. The summed E-state index contributed by atoms with van der Waals surface area (Å²) in [5.74, 6) is -1.55. The predicted octanol–water partition coefficient (Wildman–Crippen LogP) is 9.43. The number of hydrogen-bond donors (Lipinski definition) is 0. The molecule has 4 rings (SSSR count). The number of rotatable bonds is 15. The monoisotopic (exact) mass is 603 g/mol. The van der Waals surface area contributed by atoms with Crippen molar-refractivity contribution in [2.45, 2.75) is 127 Å². The van der Waals surface area contributed by atoms with Crippen molar-refractivity contribution >= 4 is 11.2 Å². The van der Waals surface area contributed by atoms with Crippen molar-refractivity contribution in [3.05, 3.63) is 35.4 Å². The Bertz CT molecular complexity index is 956. The van der Waals surface area contributed by atoms with E-state index in [4.69, 9.17) is 4.74 Å². The van der Waals surface area contributed by atoms with Crippen molar-refractivity contribution in [1.82, 2.24) is 0 Å². The van der Waals surface area contributed by atoms with Crippen molar-refractivity contribution in [2.24, 2.45) is 23.2 Å². The van der Waals surface area contributed by atoms with Crippen LogP contribution in [0.2, 0.25) is 0 Å². The van der Waals surface area contributed by atoms with E-state index in [0.29, 0.717) is 23.2 Å². The van der Waals surface area contributed by atoms with Crippen LogP contribution in [0.3, 0.4) is 0 Å². The minimum absolute atomic E-state index is 0.0939. The van der Waals surface area contributed by atoms with Gasteiger partial charge < -0.3 is 9.29 Å². The van der Waals surface area contributed by atoms with E-state index in [9.17, 15) is 26.5 Å². The minimum Gasteiger partial charge on any atom is -0.616 e. The van der Waals surface area contributed by atoms with Gasteiger partial charge in [-0.25, -0.2) is 0 Å². The molecule has 1 aromatic carbocycles. The van der Waals surface area contributed by atoms with Crippen LogP contribution in [-0.4, -0.2) is 41.4 Å². The van der Waals surface area contributed by atoms with Crippen molar-refractivity contribution in [1.29, 1.82) is 0 Å². The van der Waals surface area contributed by atoms with Gasteiger partial charge in [0, 0.05) is 13.5 Å². The molecule has 233 valence electrons. The highest BCUT2D eigenvalue weighted by atomic mass is 32.2. The van der Waals surface area contributed by atoms with E-state index in [1.807, 2.05) is 7.11 Å². The molecule has 0 bridgehead atoms. The third-order valence-electron chi connectivity index (χ3n) is 10.7. The molecule has 0 spiro atoms. The second-order valence-electron chi connectivity index (χ2n) is 13.1. The average Bonchev–Trinajstić information content (AvgIpc) is 3.27. The third-order valence-corrected chi connectivity index (χ3v) is 12.2. The number of unbranched alkanes of at least 4 members (excludes halogenated alkanes) is 6. The van der Waals surface area contributed by atoms with Gasteiger partial charge >= 0.3 is 12.1 Å². The summed E-state index contributed by atoms with van der Waals surface area (Å²) in [7, 11) is 1.89. The van der Waals surface area contributed by atoms with Gasteiger partial charge in [-0.05, 0) is 104 Å². The van der Waals surface area contributed by atoms with Gasteiger partial charge in [0.15, 0.2) is 0 Å². The number of methoxy groups -OCH3 is 1. The van der Waals surface area contributed by atoms with Crippen LogP contribution in [-0.2, 0) is 22.3 Å². The van der Waals surface area contributed by atoms with Crippen molar-refractivity contribution in [3.63, 3.8) is 0 Å². The van der Waals surface area contributed by atoms with Crippen LogP contribution >= 0.6 is 0 Å². The maximum atomic E-state index is 13.0. The predicted molar refractivity (Wildman–Crippen MR) is 155 cm³/mol. The number of halogens is 5. The number of benzene rings is 1. The summed E-state index contributed by atoms with van der Waals surface area (Å²) in [6.45, 7) is 2.49. The van der Waals surface area contributed by atoms with Crippen molar-refractivity contribution in [3.8, 4) is 0 Å². The van der Waals surface area contributed by atoms with Gasteiger partial charge in [-0.15, -0.1) is 0 Å². The molecule has 2 fully saturated rings. The van der Waals surface area contributed by atoms with Gasteiger partial charge in [0.25, 0.3) is 0 Å². The van der Waals surface area contributed by atoms with Gasteiger partial charge in [0.2, 0.25) is 0 Å². The summed E-state index contributed by atoms with van der Waals surface area (Å²) in [5, 5.41) is 0. The van der Waals surface area contributed by atoms with E-state index in [1.54, 1.807) is 5.56 Å². The van der Waals surface area contributed by atoms with Crippen molar-refractivity contribution in [2.75, 3.05) is 18.6 Å². The van der Waals surface area contributed by atoms with Crippen molar-refractivity contribution < 1.29 is 31.2 Å². The lowest BCUT2D eigenvalue weighted by Gasteiger charge is -2.53. The van der Waals surface area contributed by atoms with Crippen LogP contribution in [0.4, 0.5) is 22.0 Å². The summed E-state index contributed by atoms with van der Waals surface area (Å²) >= 11 is -1.33. The first-order valence-electron chi connectivity index (χ1n) is 15.8. The largest absolute Gasteiger partial charge is 0.616 e. The fraction of sp³-hybridized carbons (Fsp3) is 0.818. The first-order chi connectivity index (χ1) is 19.5. The van der Waals surface area contributed by atoms with Gasteiger partial charge in [0.1, 0.15) is 11.5 Å². The average molecular weight is 604 g/mol. The standard InChI is InChI=1S/C33H48F5O2S/c1-31-20-18-27-26-15-10-9-13-24(26)23-25(30(27)28(31)16-17-29(31)40-2)14-8-6-4-3-5-7-11-21-41(39)22-12-19-32(34,35)33(36,37)38/h10,13,15,25,27-30H,3-8,11-12,14,16-23H2,1-2H3/t25-,27-,28+,29+,30-,31+,41?/m1/s1. The number of fused-ring (bicyclic) bond motifs is 5. The van der Waals surface area contributed by atoms with Crippen LogP contribution < -0.4 is 0 Å². The molecule has 2 nitrogen and oxygen atoms in total. The normalized spacial score (nSPS) is 30.5. The molecule has 0 aromatic heterocycles. The van der Waals surface area contributed by atoms with Crippen LogP contribution in [0.1, 0.15) is 114 Å². The topological polar surface area (TPSA) is 32.3 Å². The van der Waals surface area contributed by atoms with E-state index in [1.165, 1.54) is 63.4 Å². The third kappa shape index (κ3) is 7.81. The van der Waals surface area contributed by atoms with Gasteiger partial charge in [-0.2, -0.15) is 22.0 Å². The highest BCUT2D eigenvalue weighted by molar-refractivity contribution is 7.91. The van der Waals surface area contributed by atoms with E-state index in [2.05, 4.69) is 31.2 Å². The zero-order valence-corrected chi connectivity index (χ0v) is 25.6. The fourth-order valence-electron chi connectivity index (χ4n) is 8.53. The Morgan fingerprint density at radius 1 is 0.976 bits per heavy atom. The molecule has 7 atom stereocenters. The van der Waals surface area contributed by atoms with E-state index in [0.717, 1.165) is 43.4 Å². The molecule has 3 aliphatic rings. The fourth-order valence-corrected chi connectivity index (χ4v) is 9.73. The maximum Gasteiger partial charge on any atom is 0.453 e. The zero-order chi connectivity index (χ0) is 29.7. The molecule has 2 saturated carbocycles. The van der Waals surface area contributed by atoms with Crippen LogP contribution in [0.15, 0.2) is 18.2 Å². The Hall–Kier alpha value is -0.860. The van der Waals surface area contributed by atoms with Gasteiger partial charge in [-0.3, -0.25) is 0 Å². The Kier molecular flexibility index (Phi) is 11.5. The number of ether oxygens (including phenoxy) is 1. The second-order valence-corrected chi connectivity index (χ2v) is 14.8. The Labute approximate surface area is 246 Å². The minimum atomic E-state index is -5.53. The van der Waals surface area contributed by atoms with Crippen LogP contribution in [0, 0.1) is 29.2 Å².